The predicted molar refractivity (Wildman–Crippen MR) is 107 cm³/mol. The van der Waals surface area contributed by atoms with Crippen molar-refractivity contribution in [3.8, 4) is 5.75 Å². The van der Waals surface area contributed by atoms with Crippen molar-refractivity contribution in [2.75, 3.05) is 52.8 Å². The summed E-state index contributed by atoms with van der Waals surface area (Å²) in [6.07, 6.45) is 0. The molecule has 140 valence electrons. The van der Waals surface area contributed by atoms with Crippen molar-refractivity contribution >= 4 is 11.6 Å². The number of likely N-dealkylation sites (N-methyl/N-ethyl adjacent to an activating group) is 2. The maximum absolute atomic E-state index is 12.4. The molecule has 0 fully saturated rings. The molecule has 0 saturated heterocycles. The lowest BCUT2D eigenvalue weighted by atomic mass is 10.2. The first kappa shape index (κ1) is 19.8. The van der Waals surface area contributed by atoms with Gasteiger partial charge >= 0.3 is 0 Å². The van der Waals surface area contributed by atoms with E-state index in [1.807, 2.05) is 63.4 Å². The van der Waals surface area contributed by atoms with Crippen molar-refractivity contribution in [3.63, 3.8) is 0 Å². The van der Waals surface area contributed by atoms with Crippen molar-refractivity contribution in [2.24, 2.45) is 0 Å². The zero-order valence-corrected chi connectivity index (χ0v) is 16.2. The molecule has 0 N–H and O–H groups in total. The molecule has 1 amide bonds. The molecule has 0 aliphatic heterocycles. The van der Waals surface area contributed by atoms with Crippen LogP contribution in [0.5, 0.6) is 5.75 Å². The number of rotatable bonds is 9. The fourth-order valence-electron chi connectivity index (χ4n) is 2.53. The van der Waals surface area contributed by atoms with Crippen LogP contribution >= 0.6 is 0 Å². The average molecular weight is 355 g/mol. The van der Waals surface area contributed by atoms with Crippen LogP contribution in [0.1, 0.15) is 5.56 Å². The maximum atomic E-state index is 12.4. The molecule has 0 unspecified atom stereocenters. The highest BCUT2D eigenvalue weighted by Gasteiger charge is 2.12. The normalized spacial score (nSPS) is 10.7. The minimum Gasteiger partial charge on any atom is -0.492 e. The molecule has 2 aromatic rings. The summed E-state index contributed by atoms with van der Waals surface area (Å²) in [5.74, 6) is 0.953. The van der Waals surface area contributed by atoms with Gasteiger partial charge in [0.15, 0.2) is 0 Å². The predicted octanol–water partition coefficient (Wildman–Crippen LogP) is 2.72. The largest absolute Gasteiger partial charge is 0.492 e. The summed E-state index contributed by atoms with van der Waals surface area (Å²) in [5.41, 5.74) is 2.28. The first-order valence-corrected chi connectivity index (χ1v) is 8.82. The number of hydrogen-bond acceptors (Lipinski definition) is 4. The van der Waals surface area contributed by atoms with Crippen LogP contribution in [0.3, 0.4) is 0 Å². The number of amides is 1. The van der Waals surface area contributed by atoms with Crippen LogP contribution < -0.4 is 9.64 Å². The Hall–Kier alpha value is -2.53. The van der Waals surface area contributed by atoms with Crippen LogP contribution in [0.25, 0.3) is 0 Å². The zero-order valence-electron chi connectivity index (χ0n) is 16.2. The number of carbonyl (C=O) groups is 1. The van der Waals surface area contributed by atoms with E-state index in [4.69, 9.17) is 4.74 Å². The molecule has 0 spiro atoms. The molecule has 0 saturated carbocycles. The van der Waals surface area contributed by atoms with Crippen molar-refractivity contribution in [3.05, 3.63) is 60.2 Å². The van der Waals surface area contributed by atoms with Gasteiger partial charge in [0.25, 0.3) is 0 Å². The van der Waals surface area contributed by atoms with Crippen LogP contribution in [-0.4, -0.2) is 63.6 Å². The van der Waals surface area contributed by atoms with Crippen molar-refractivity contribution < 1.29 is 9.53 Å². The summed E-state index contributed by atoms with van der Waals surface area (Å²) in [4.78, 5) is 18.2. The van der Waals surface area contributed by atoms with E-state index in [1.54, 1.807) is 4.90 Å². The Labute approximate surface area is 156 Å². The summed E-state index contributed by atoms with van der Waals surface area (Å²) in [6.45, 7) is 2.25. The third kappa shape index (κ3) is 6.41. The topological polar surface area (TPSA) is 36.0 Å². The second kappa shape index (κ2) is 9.82. The summed E-state index contributed by atoms with van der Waals surface area (Å²) in [6, 6.07) is 18.0. The Morgan fingerprint density at radius 2 is 1.58 bits per heavy atom. The summed E-state index contributed by atoms with van der Waals surface area (Å²) in [5, 5.41) is 0. The molecule has 5 heteroatoms. The van der Waals surface area contributed by atoms with Crippen LogP contribution in [0.4, 0.5) is 5.69 Å². The quantitative estimate of drug-likeness (QED) is 0.693. The maximum Gasteiger partial charge on any atom is 0.236 e. The molecule has 2 aromatic carbocycles. The van der Waals surface area contributed by atoms with Gasteiger partial charge in [-0.25, -0.2) is 0 Å². The number of benzene rings is 2. The van der Waals surface area contributed by atoms with E-state index in [1.165, 1.54) is 0 Å². The number of ether oxygens (including phenoxy) is 1. The minimum atomic E-state index is 0.101. The van der Waals surface area contributed by atoms with E-state index in [2.05, 4.69) is 29.2 Å². The molecule has 0 aliphatic rings. The van der Waals surface area contributed by atoms with Crippen LogP contribution in [0.15, 0.2) is 54.6 Å². The van der Waals surface area contributed by atoms with Crippen LogP contribution in [-0.2, 0) is 11.3 Å². The van der Waals surface area contributed by atoms with E-state index < -0.39 is 0 Å². The SMILES string of the molecule is CN(CCOc1ccccc1)CC(=O)N(C)Cc1ccc(N(C)C)cc1. The van der Waals surface area contributed by atoms with Gasteiger partial charge in [-0.3, -0.25) is 9.69 Å². The lowest BCUT2D eigenvalue weighted by Crippen LogP contribution is -2.37. The molecule has 0 atom stereocenters. The fourth-order valence-corrected chi connectivity index (χ4v) is 2.53. The summed E-state index contributed by atoms with van der Waals surface area (Å²) >= 11 is 0. The van der Waals surface area contributed by atoms with Crippen molar-refractivity contribution in [1.82, 2.24) is 9.80 Å². The molecule has 2 rings (SSSR count). The second-order valence-electron chi connectivity index (χ2n) is 6.71. The average Bonchev–Trinajstić information content (AvgIpc) is 2.63. The highest BCUT2D eigenvalue weighted by molar-refractivity contribution is 5.78. The Bertz CT molecular complexity index is 671. The molecule has 0 radical (unpaired) electrons. The molecule has 26 heavy (non-hydrogen) atoms. The van der Waals surface area contributed by atoms with Crippen LogP contribution in [0, 0.1) is 0 Å². The van der Waals surface area contributed by atoms with Crippen molar-refractivity contribution in [1.29, 1.82) is 0 Å². The molecule has 0 aliphatic carbocycles. The first-order chi connectivity index (χ1) is 12.5. The van der Waals surface area contributed by atoms with Gasteiger partial charge in [0.1, 0.15) is 12.4 Å². The third-order valence-electron chi connectivity index (χ3n) is 4.19. The first-order valence-electron chi connectivity index (χ1n) is 8.82. The molecule has 0 aromatic heterocycles. The molecule has 5 nitrogen and oxygen atoms in total. The molecule has 0 bridgehead atoms. The van der Waals surface area contributed by atoms with E-state index in [9.17, 15) is 4.79 Å². The molecular formula is C21H29N3O2. The van der Waals surface area contributed by atoms with Gasteiger partial charge in [-0.05, 0) is 36.9 Å². The van der Waals surface area contributed by atoms with E-state index in [-0.39, 0.29) is 5.91 Å². The molecular weight excluding hydrogens is 326 g/mol. The highest BCUT2D eigenvalue weighted by Crippen LogP contribution is 2.13. The Morgan fingerprint density at radius 3 is 2.19 bits per heavy atom. The van der Waals surface area contributed by atoms with Gasteiger partial charge in [0.2, 0.25) is 5.91 Å². The second-order valence-corrected chi connectivity index (χ2v) is 6.71. The van der Waals surface area contributed by atoms with Gasteiger partial charge in [-0.1, -0.05) is 30.3 Å². The monoisotopic (exact) mass is 355 g/mol. The number of para-hydroxylation sites is 1. The number of anilines is 1. The van der Waals surface area contributed by atoms with E-state index in [0.717, 1.165) is 17.0 Å². The van der Waals surface area contributed by atoms with Gasteiger partial charge in [-0.2, -0.15) is 0 Å². The van der Waals surface area contributed by atoms with Gasteiger partial charge in [0, 0.05) is 39.9 Å². The lowest BCUT2D eigenvalue weighted by molar-refractivity contribution is -0.131. The van der Waals surface area contributed by atoms with Crippen LogP contribution in [0.2, 0.25) is 0 Å². The Balaban J connectivity index is 1.73. The highest BCUT2D eigenvalue weighted by atomic mass is 16.5. The van der Waals surface area contributed by atoms with Gasteiger partial charge < -0.3 is 14.5 Å². The number of hydrogen-bond donors (Lipinski definition) is 0. The third-order valence-corrected chi connectivity index (χ3v) is 4.19. The van der Waals surface area contributed by atoms with Gasteiger partial charge in [0.05, 0.1) is 6.54 Å². The Kier molecular flexibility index (Phi) is 7.48. The lowest BCUT2D eigenvalue weighted by Gasteiger charge is -2.22. The van der Waals surface area contributed by atoms with E-state index >= 15 is 0 Å². The summed E-state index contributed by atoms with van der Waals surface area (Å²) < 4.78 is 5.67. The standard InChI is InChI=1S/C21H29N3O2/c1-22(2)19-12-10-18(11-13-19)16-24(4)21(25)17-23(3)14-15-26-20-8-6-5-7-9-20/h5-13H,14-17H2,1-4H3. The minimum absolute atomic E-state index is 0.101. The Morgan fingerprint density at radius 1 is 0.923 bits per heavy atom. The number of carbonyl (C=O) groups excluding carboxylic acids is 1. The van der Waals surface area contributed by atoms with Gasteiger partial charge in [-0.15, -0.1) is 0 Å². The number of nitrogens with zero attached hydrogens (tertiary/aromatic N) is 3. The zero-order chi connectivity index (χ0) is 18.9. The molecule has 0 heterocycles. The summed E-state index contributed by atoms with van der Waals surface area (Å²) in [7, 11) is 7.81. The fraction of sp³-hybridized carbons (Fsp3) is 0.381. The van der Waals surface area contributed by atoms with E-state index in [0.29, 0.717) is 26.2 Å². The van der Waals surface area contributed by atoms with Crippen molar-refractivity contribution in [2.45, 2.75) is 6.54 Å². The smallest absolute Gasteiger partial charge is 0.236 e.